The third-order valence-corrected chi connectivity index (χ3v) is 4.59. The fourth-order valence-corrected chi connectivity index (χ4v) is 3.01. The van der Waals surface area contributed by atoms with E-state index in [-0.39, 0.29) is 0 Å². The number of hydrogen-bond donors (Lipinski definition) is 1. The minimum absolute atomic E-state index is 0.401. The van der Waals surface area contributed by atoms with Gasteiger partial charge in [-0.05, 0) is 45.7 Å². The minimum Gasteiger partial charge on any atom is -0.378 e. The van der Waals surface area contributed by atoms with Gasteiger partial charge in [0.2, 0.25) is 0 Å². The van der Waals surface area contributed by atoms with Gasteiger partial charge in [0.15, 0.2) is 0 Å². The molecule has 2 rings (SSSR count). The Morgan fingerprint density at radius 3 is 2.90 bits per heavy atom. The molecular formula is C17H31N3O. The summed E-state index contributed by atoms with van der Waals surface area (Å²) in [7, 11) is 0. The highest BCUT2D eigenvalue weighted by atomic mass is 16.5. The predicted octanol–water partition coefficient (Wildman–Crippen LogP) is 3.19. The highest BCUT2D eigenvalue weighted by molar-refractivity contribution is 5.03. The number of nitrogens with one attached hydrogen (secondary N) is 1. The SMILES string of the molecule is CCCNC(Cc1ccn(C(C)CC)n1)C1COC(C)C1. The van der Waals surface area contributed by atoms with E-state index in [9.17, 15) is 0 Å². The fourth-order valence-electron chi connectivity index (χ4n) is 3.01. The van der Waals surface area contributed by atoms with E-state index in [0.29, 0.717) is 24.1 Å². The molecule has 0 aromatic carbocycles. The number of rotatable bonds is 8. The average Bonchev–Trinajstić information content (AvgIpc) is 3.11. The van der Waals surface area contributed by atoms with Crippen LogP contribution in [0, 0.1) is 5.92 Å². The molecule has 4 nitrogen and oxygen atoms in total. The number of aromatic nitrogens is 2. The van der Waals surface area contributed by atoms with Crippen LogP contribution in [-0.4, -0.2) is 35.1 Å². The average molecular weight is 293 g/mol. The predicted molar refractivity (Wildman–Crippen MR) is 86.5 cm³/mol. The zero-order chi connectivity index (χ0) is 15.2. The Balaban J connectivity index is 1.98. The second-order valence-electron chi connectivity index (χ2n) is 6.45. The third kappa shape index (κ3) is 4.55. The van der Waals surface area contributed by atoms with Gasteiger partial charge in [-0.3, -0.25) is 4.68 Å². The van der Waals surface area contributed by atoms with E-state index >= 15 is 0 Å². The quantitative estimate of drug-likeness (QED) is 0.800. The molecule has 0 saturated carbocycles. The van der Waals surface area contributed by atoms with Gasteiger partial charge >= 0.3 is 0 Å². The third-order valence-electron chi connectivity index (χ3n) is 4.59. The molecule has 1 aromatic heterocycles. The van der Waals surface area contributed by atoms with Crippen LogP contribution in [-0.2, 0) is 11.2 Å². The summed E-state index contributed by atoms with van der Waals surface area (Å²) < 4.78 is 7.86. The maximum Gasteiger partial charge on any atom is 0.0640 e. The van der Waals surface area contributed by atoms with Crippen molar-refractivity contribution in [2.24, 2.45) is 5.92 Å². The van der Waals surface area contributed by atoms with Gasteiger partial charge < -0.3 is 10.1 Å². The van der Waals surface area contributed by atoms with Crippen molar-refractivity contribution in [3.8, 4) is 0 Å². The molecular weight excluding hydrogens is 262 g/mol. The molecule has 0 spiro atoms. The van der Waals surface area contributed by atoms with Crippen LogP contribution >= 0.6 is 0 Å². The monoisotopic (exact) mass is 293 g/mol. The van der Waals surface area contributed by atoms with Gasteiger partial charge in [0, 0.05) is 30.6 Å². The van der Waals surface area contributed by atoms with Crippen molar-refractivity contribution >= 4 is 0 Å². The highest BCUT2D eigenvalue weighted by Gasteiger charge is 2.29. The summed E-state index contributed by atoms with van der Waals surface area (Å²) >= 11 is 0. The first-order valence-corrected chi connectivity index (χ1v) is 8.53. The second kappa shape index (κ2) is 7.95. The molecule has 120 valence electrons. The van der Waals surface area contributed by atoms with Crippen LogP contribution in [0.4, 0.5) is 0 Å². The van der Waals surface area contributed by atoms with E-state index < -0.39 is 0 Å². The van der Waals surface area contributed by atoms with Crippen LogP contribution < -0.4 is 5.32 Å². The normalized spacial score (nSPS) is 25.1. The molecule has 1 aromatic rings. The molecule has 21 heavy (non-hydrogen) atoms. The standard InChI is InChI=1S/C17H31N3O/c1-5-8-18-17(15-10-14(4)21-12-15)11-16-7-9-20(19-16)13(3)6-2/h7,9,13-15,17-18H,5-6,8,10-12H2,1-4H3. The number of hydrogen-bond acceptors (Lipinski definition) is 3. The summed E-state index contributed by atoms with van der Waals surface area (Å²) in [4.78, 5) is 0. The van der Waals surface area contributed by atoms with Crippen LogP contribution in [0.15, 0.2) is 12.3 Å². The minimum atomic E-state index is 0.401. The van der Waals surface area contributed by atoms with Crippen LogP contribution in [0.25, 0.3) is 0 Å². The van der Waals surface area contributed by atoms with Crippen molar-refractivity contribution in [1.29, 1.82) is 0 Å². The van der Waals surface area contributed by atoms with Crippen molar-refractivity contribution in [3.05, 3.63) is 18.0 Å². The Kier molecular flexibility index (Phi) is 6.24. The Bertz CT molecular complexity index is 418. The van der Waals surface area contributed by atoms with E-state index in [4.69, 9.17) is 9.84 Å². The van der Waals surface area contributed by atoms with Gasteiger partial charge in [0.1, 0.15) is 0 Å². The summed E-state index contributed by atoms with van der Waals surface area (Å²) in [5.41, 5.74) is 1.20. The molecule has 1 saturated heterocycles. The Hall–Kier alpha value is -0.870. The molecule has 0 bridgehead atoms. The lowest BCUT2D eigenvalue weighted by molar-refractivity contribution is 0.116. The van der Waals surface area contributed by atoms with E-state index in [1.165, 1.54) is 12.1 Å². The largest absolute Gasteiger partial charge is 0.378 e. The Morgan fingerprint density at radius 1 is 1.48 bits per heavy atom. The molecule has 4 heteroatoms. The summed E-state index contributed by atoms with van der Waals surface area (Å²) in [6.45, 7) is 10.8. The van der Waals surface area contributed by atoms with Gasteiger partial charge in [0.05, 0.1) is 18.4 Å². The Morgan fingerprint density at radius 2 is 2.29 bits per heavy atom. The van der Waals surface area contributed by atoms with Crippen molar-refractivity contribution in [2.75, 3.05) is 13.2 Å². The molecule has 2 heterocycles. The second-order valence-corrected chi connectivity index (χ2v) is 6.45. The van der Waals surface area contributed by atoms with Crippen LogP contribution in [0.1, 0.15) is 58.7 Å². The Labute approximate surface area is 129 Å². The molecule has 1 N–H and O–H groups in total. The molecule has 1 aliphatic rings. The molecule has 0 amide bonds. The van der Waals surface area contributed by atoms with Gasteiger partial charge in [-0.2, -0.15) is 5.10 Å². The molecule has 0 aliphatic carbocycles. The van der Waals surface area contributed by atoms with Crippen LogP contribution in [0.5, 0.6) is 0 Å². The summed E-state index contributed by atoms with van der Waals surface area (Å²) in [5.74, 6) is 0.611. The van der Waals surface area contributed by atoms with Gasteiger partial charge in [0.25, 0.3) is 0 Å². The lowest BCUT2D eigenvalue weighted by Gasteiger charge is -2.23. The van der Waals surface area contributed by atoms with E-state index in [1.54, 1.807) is 0 Å². The van der Waals surface area contributed by atoms with Crippen molar-refractivity contribution in [1.82, 2.24) is 15.1 Å². The van der Waals surface area contributed by atoms with Gasteiger partial charge in [-0.1, -0.05) is 13.8 Å². The number of nitrogens with zero attached hydrogens (tertiary/aromatic N) is 2. The van der Waals surface area contributed by atoms with Crippen molar-refractivity contribution in [3.63, 3.8) is 0 Å². The van der Waals surface area contributed by atoms with Gasteiger partial charge in [-0.25, -0.2) is 0 Å². The topological polar surface area (TPSA) is 39.1 Å². The molecule has 0 radical (unpaired) electrons. The first-order valence-electron chi connectivity index (χ1n) is 8.53. The highest BCUT2D eigenvalue weighted by Crippen LogP contribution is 2.24. The van der Waals surface area contributed by atoms with E-state index in [1.807, 2.05) is 0 Å². The molecule has 4 unspecified atom stereocenters. The van der Waals surface area contributed by atoms with Crippen LogP contribution in [0.3, 0.4) is 0 Å². The molecule has 1 aliphatic heterocycles. The van der Waals surface area contributed by atoms with Crippen molar-refractivity contribution in [2.45, 2.75) is 71.6 Å². The molecule has 4 atom stereocenters. The van der Waals surface area contributed by atoms with Crippen LogP contribution in [0.2, 0.25) is 0 Å². The summed E-state index contributed by atoms with van der Waals surface area (Å²) in [6.07, 6.45) is 6.97. The lowest BCUT2D eigenvalue weighted by Crippen LogP contribution is -2.39. The number of ether oxygens (including phenoxy) is 1. The smallest absolute Gasteiger partial charge is 0.0640 e. The molecule has 1 fully saturated rings. The maximum atomic E-state index is 5.76. The fraction of sp³-hybridized carbons (Fsp3) is 0.824. The van der Waals surface area contributed by atoms with Crippen molar-refractivity contribution < 1.29 is 4.74 Å². The maximum absolute atomic E-state index is 5.76. The van der Waals surface area contributed by atoms with Gasteiger partial charge in [-0.15, -0.1) is 0 Å². The van der Waals surface area contributed by atoms with E-state index in [0.717, 1.165) is 32.4 Å². The first kappa shape index (κ1) is 16.5. The lowest BCUT2D eigenvalue weighted by atomic mass is 9.93. The first-order chi connectivity index (χ1) is 10.1. The van der Waals surface area contributed by atoms with E-state index in [2.05, 4.69) is 50.0 Å². The zero-order valence-electron chi connectivity index (χ0n) is 14.0. The summed E-state index contributed by atoms with van der Waals surface area (Å²) in [5, 5.41) is 8.46. The zero-order valence-corrected chi connectivity index (χ0v) is 14.0. The summed E-state index contributed by atoms with van der Waals surface area (Å²) in [6, 6.07) is 3.14.